The molecule has 2 heterocycles. The van der Waals surface area contributed by atoms with Crippen LogP contribution in [0.25, 0.3) is 0 Å². The fraction of sp³-hybridized carbons (Fsp3) is 0.600. The van der Waals surface area contributed by atoms with Gasteiger partial charge in [0.05, 0.1) is 17.4 Å². The predicted octanol–water partition coefficient (Wildman–Crippen LogP) is 1.18. The van der Waals surface area contributed by atoms with E-state index < -0.39 is 0 Å². The number of halogens is 1. The van der Waals surface area contributed by atoms with Crippen LogP contribution in [-0.4, -0.2) is 36.6 Å². The maximum Gasteiger partial charge on any atom is 0.225 e. The van der Waals surface area contributed by atoms with Crippen molar-refractivity contribution in [2.75, 3.05) is 31.6 Å². The number of nitrogens with zero attached hydrogens (tertiary/aromatic N) is 3. The molecule has 1 N–H and O–H groups in total. The Kier molecular flexibility index (Phi) is 3.38. The molecular formula is C10H15ClN4. The lowest BCUT2D eigenvalue weighted by atomic mass is 10.1. The first-order valence-electron chi connectivity index (χ1n) is 5.15. The average Bonchev–Trinajstić information content (AvgIpc) is 2.71. The van der Waals surface area contributed by atoms with E-state index >= 15 is 0 Å². The van der Waals surface area contributed by atoms with Crippen LogP contribution in [0.3, 0.4) is 0 Å². The Morgan fingerprint density at radius 3 is 2.87 bits per heavy atom. The van der Waals surface area contributed by atoms with E-state index in [1.807, 2.05) is 7.05 Å². The molecule has 1 fully saturated rings. The van der Waals surface area contributed by atoms with Crippen molar-refractivity contribution in [1.29, 1.82) is 0 Å². The van der Waals surface area contributed by atoms with Crippen molar-refractivity contribution < 1.29 is 0 Å². The normalized spacial score (nSPS) is 20.5. The van der Waals surface area contributed by atoms with E-state index in [0.717, 1.165) is 25.6 Å². The second-order valence-corrected chi connectivity index (χ2v) is 4.38. The predicted molar refractivity (Wildman–Crippen MR) is 61.3 cm³/mol. The molecule has 15 heavy (non-hydrogen) atoms. The molecule has 1 aliphatic rings. The molecule has 1 aliphatic heterocycles. The third kappa shape index (κ3) is 2.79. The summed E-state index contributed by atoms with van der Waals surface area (Å²) in [6, 6.07) is 0. The number of rotatable bonds is 3. The molecule has 1 atom stereocenters. The number of anilines is 1. The highest BCUT2D eigenvalue weighted by atomic mass is 35.5. The Hall–Kier alpha value is -0.870. The van der Waals surface area contributed by atoms with Gasteiger partial charge in [-0.2, -0.15) is 0 Å². The van der Waals surface area contributed by atoms with E-state index in [0.29, 0.717) is 10.9 Å². The van der Waals surface area contributed by atoms with E-state index in [4.69, 9.17) is 11.6 Å². The van der Waals surface area contributed by atoms with Crippen LogP contribution in [0.4, 0.5) is 5.95 Å². The summed E-state index contributed by atoms with van der Waals surface area (Å²) in [5, 5.41) is 3.93. The molecule has 1 saturated heterocycles. The van der Waals surface area contributed by atoms with E-state index in [1.54, 1.807) is 12.4 Å². The van der Waals surface area contributed by atoms with Gasteiger partial charge in [0, 0.05) is 13.6 Å². The molecule has 0 saturated carbocycles. The summed E-state index contributed by atoms with van der Waals surface area (Å²) in [5.74, 6) is 1.44. The number of aromatic nitrogens is 2. The SMILES string of the molecule is CN(C[C@@H]1CCNC1)c1ncc(Cl)cn1. The molecular weight excluding hydrogens is 212 g/mol. The molecule has 0 aromatic carbocycles. The molecule has 0 bridgehead atoms. The quantitative estimate of drug-likeness (QED) is 0.841. The van der Waals surface area contributed by atoms with Crippen molar-refractivity contribution in [3.63, 3.8) is 0 Å². The molecule has 4 nitrogen and oxygen atoms in total. The smallest absolute Gasteiger partial charge is 0.225 e. The van der Waals surface area contributed by atoms with Gasteiger partial charge in [0.2, 0.25) is 5.95 Å². The largest absolute Gasteiger partial charge is 0.344 e. The van der Waals surface area contributed by atoms with Crippen molar-refractivity contribution in [3.05, 3.63) is 17.4 Å². The van der Waals surface area contributed by atoms with Crippen molar-refractivity contribution in [2.24, 2.45) is 5.92 Å². The summed E-state index contributed by atoms with van der Waals surface area (Å²) in [7, 11) is 2.02. The van der Waals surface area contributed by atoms with E-state index in [2.05, 4.69) is 20.2 Å². The Bertz CT molecular complexity index is 308. The number of nitrogens with one attached hydrogen (secondary N) is 1. The summed E-state index contributed by atoms with van der Waals surface area (Å²) in [5.41, 5.74) is 0. The van der Waals surface area contributed by atoms with Gasteiger partial charge in [-0.1, -0.05) is 11.6 Å². The minimum Gasteiger partial charge on any atom is -0.344 e. The number of hydrogen-bond donors (Lipinski definition) is 1. The number of hydrogen-bond acceptors (Lipinski definition) is 4. The van der Waals surface area contributed by atoms with Crippen LogP contribution in [0.5, 0.6) is 0 Å². The minimum atomic E-state index is 0.578. The summed E-state index contributed by atoms with van der Waals surface area (Å²) < 4.78 is 0. The minimum absolute atomic E-state index is 0.578. The van der Waals surface area contributed by atoms with Gasteiger partial charge >= 0.3 is 0 Å². The van der Waals surface area contributed by atoms with Gasteiger partial charge < -0.3 is 10.2 Å². The van der Waals surface area contributed by atoms with Gasteiger partial charge in [-0.05, 0) is 25.4 Å². The molecule has 0 radical (unpaired) electrons. The lowest BCUT2D eigenvalue weighted by Gasteiger charge is -2.20. The molecule has 82 valence electrons. The van der Waals surface area contributed by atoms with Crippen molar-refractivity contribution in [1.82, 2.24) is 15.3 Å². The zero-order chi connectivity index (χ0) is 10.7. The summed E-state index contributed by atoms with van der Waals surface area (Å²) in [6.07, 6.45) is 4.50. The van der Waals surface area contributed by atoms with Crippen LogP contribution in [0.2, 0.25) is 5.02 Å². The van der Waals surface area contributed by atoms with Gasteiger partial charge in [-0.3, -0.25) is 0 Å². The lowest BCUT2D eigenvalue weighted by molar-refractivity contribution is 0.573. The first-order chi connectivity index (χ1) is 7.25. The van der Waals surface area contributed by atoms with Crippen LogP contribution in [0, 0.1) is 5.92 Å². The average molecular weight is 227 g/mol. The fourth-order valence-electron chi connectivity index (χ4n) is 1.84. The molecule has 0 amide bonds. The topological polar surface area (TPSA) is 41.0 Å². The van der Waals surface area contributed by atoms with Gasteiger partial charge in [0.1, 0.15) is 0 Å². The molecule has 1 aromatic heterocycles. The second kappa shape index (κ2) is 4.77. The van der Waals surface area contributed by atoms with Crippen LogP contribution >= 0.6 is 11.6 Å². The molecule has 0 spiro atoms. The van der Waals surface area contributed by atoms with Gasteiger partial charge in [0.15, 0.2) is 0 Å². The van der Waals surface area contributed by atoms with E-state index in [9.17, 15) is 0 Å². The monoisotopic (exact) mass is 226 g/mol. The van der Waals surface area contributed by atoms with Crippen LogP contribution in [0.15, 0.2) is 12.4 Å². The molecule has 0 aliphatic carbocycles. The Labute approximate surface area is 94.7 Å². The van der Waals surface area contributed by atoms with Gasteiger partial charge in [0.25, 0.3) is 0 Å². The summed E-state index contributed by atoms with van der Waals surface area (Å²) >= 11 is 5.73. The summed E-state index contributed by atoms with van der Waals surface area (Å²) in [6.45, 7) is 3.21. The standard InChI is InChI=1S/C10H15ClN4/c1-15(7-8-2-3-12-4-8)10-13-5-9(11)6-14-10/h5-6,8,12H,2-4,7H2,1H3/t8-/m1/s1. The highest BCUT2D eigenvalue weighted by Gasteiger charge is 2.17. The summed E-state index contributed by atoms with van der Waals surface area (Å²) in [4.78, 5) is 10.4. The van der Waals surface area contributed by atoms with Crippen LogP contribution < -0.4 is 10.2 Å². The Balaban J connectivity index is 1.94. The second-order valence-electron chi connectivity index (χ2n) is 3.94. The molecule has 0 unspecified atom stereocenters. The molecule has 5 heteroatoms. The van der Waals surface area contributed by atoms with Gasteiger partial charge in [-0.25, -0.2) is 9.97 Å². The van der Waals surface area contributed by atoms with Crippen molar-refractivity contribution in [3.8, 4) is 0 Å². The lowest BCUT2D eigenvalue weighted by Crippen LogP contribution is -2.28. The molecule has 1 aromatic rings. The zero-order valence-corrected chi connectivity index (χ0v) is 9.54. The Morgan fingerprint density at radius 1 is 1.53 bits per heavy atom. The highest BCUT2D eigenvalue weighted by molar-refractivity contribution is 6.30. The third-order valence-corrected chi connectivity index (χ3v) is 2.84. The maximum atomic E-state index is 5.73. The van der Waals surface area contributed by atoms with E-state index in [-0.39, 0.29) is 0 Å². The first kappa shape index (κ1) is 10.6. The van der Waals surface area contributed by atoms with Crippen LogP contribution in [-0.2, 0) is 0 Å². The highest BCUT2D eigenvalue weighted by Crippen LogP contribution is 2.13. The Morgan fingerprint density at radius 2 is 2.27 bits per heavy atom. The maximum absolute atomic E-state index is 5.73. The fourth-order valence-corrected chi connectivity index (χ4v) is 1.94. The van der Waals surface area contributed by atoms with Crippen molar-refractivity contribution in [2.45, 2.75) is 6.42 Å². The van der Waals surface area contributed by atoms with Crippen molar-refractivity contribution >= 4 is 17.5 Å². The van der Waals surface area contributed by atoms with Crippen LogP contribution in [0.1, 0.15) is 6.42 Å². The van der Waals surface area contributed by atoms with Gasteiger partial charge in [-0.15, -0.1) is 0 Å². The zero-order valence-electron chi connectivity index (χ0n) is 8.78. The van der Waals surface area contributed by atoms with E-state index in [1.165, 1.54) is 6.42 Å². The molecule has 2 rings (SSSR count). The third-order valence-electron chi connectivity index (χ3n) is 2.64. The first-order valence-corrected chi connectivity index (χ1v) is 5.53.